The van der Waals surface area contributed by atoms with Gasteiger partial charge in [0, 0.05) is 37.0 Å². The summed E-state index contributed by atoms with van der Waals surface area (Å²) in [6.07, 6.45) is 6.30. The van der Waals surface area contributed by atoms with E-state index in [2.05, 4.69) is 6.58 Å². The first-order valence-electron chi connectivity index (χ1n) is 9.40. The van der Waals surface area contributed by atoms with Crippen LogP contribution in [0, 0.1) is 29.6 Å². The molecule has 4 nitrogen and oxygen atoms in total. The van der Waals surface area contributed by atoms with Gasteiger partial charge in [-0.1, -0.05) is 51.2 Å². The molecule has 0 saturated heterocycles. The van der Waals surface area contributed by atoms with Crippen molar-refractivity contribution >= 4 is 17.5 Å². The number of Topliss-reactive ketones (excluding diaryl/α,β-unsaturated/α-hetero) is 2. The zero-order chi connectivity index (χ0) is 19.6. The molecular weight excluding hydrogens is 328 g/mol. The number of ether oxygens (including phenoxy) is 1. The predicted molar refractivity (Wildman–Crippen MR) is 101 cm³/mol. The van der Waals surface area contributed by atoms with Crippen LogP contribution in [0.4, 0.5) is 0 Å². The van der Waals surface area contributed by atoms with Crippen LogP contribution in [0.5, 0.6) is 0 Å². The van der Waals surface area contributed by atoms with Gasteiger partial charge in [0.05, 0.1) is 0 Å². The standard InChI is InChI=1S/C22H30O4/c1-12(2)17-8-7-13(3)21(25)18-10-15(5)22(26-16(6)23)19(18)9-14(4)20(24)11-17/h7-9,13-15,17-18,22H,1,10-11H2,2-6H3/b8-7+,19-9?/t13-,14+,15-,17+,18+,22+/m1/s1. The van der Waals surface area contributed by atoms with Gasteiger partial charge in [0.25, 0.3) is 0 Å². The molecule has 1 fully saturated rings. The molecule has 0 N–H and O–H groups in total. The van der Waals surface area contributed by atoms with Crippen LogP contribution in [-0.2, 0) is 19.1 Å². The van der Waals surface area contributed by atoms with Crippen molar-refractivity contribution in [3.8, 4) is 0 Å². The van der Waals surface area contributed by atoms with Crippen LogP contribution in [0.3, 0.4) is 0 Å². The van der Waals surface area contributed by atoms with Crippen molar-refractivity contribution in [1.29, 1.82) is 0 Å². The number of fused-ring (bicyclic) bond motifs is 1. The SMILES string of the molecule is C=C(C)[C@H]1/C=C/[C@@H](C)C(=O)[C@H]2C[C@@H](C)[C@H](OC(C)=O)C2=C[C@H](C)C(=O)C1. The topological polar surface area (TPSA) is 60.4 Å². The molecule has 0 amide bonds. The molecular formula is C22H30O4. The molecule has 2 rings (SSSR count). The Morgan fingerprint density at radius 3 is 2.35 bits per heavy atom. The summed E-state index contributed by atoms with van der Waals surface area (Å²) >= 11 is 0. The largest absolute Gasteiger partial charge is 0.458 e. The third kappa shape index (κ3) is 4.40. The van der Waals surface area contributed by atoms with Crippen LogP contribution in [0.15, 0.2) is 36.0 Å². The first kappa shape index (κ1) is 20.3. The molecule has 4 heteroatoms. The van der Waals surface area contributed by atoms with Crippen molar-refractivity contribution in [1.82, 2.24) is 0 Å². The van der Waals surface area contributed by atoms with Crippen molar-refractivity contribution in [2.75, 3.05) is 0 Å². The number of hydrogen-bond acceptors (Lipinski definition) is 4. The van der Waals surface area contributed by atoms with Gasteiger partial charge in [0.1, 0.15) is 17.7 Å². The Kier molecular flexibility index (Phi) is 6.38. The third-order valence-corrected chi connectivity index (χ3v) is 5.58. The zero-order valence-electron chi connectivity index (χ0n) is 16.5. The van der Waals surface area contributed by atoms with Crippen molar-refractivity contribution in [2.24, 2.45) is 29.6 Å². The maximum Gasteiger partial charge on any atom is 0.303 e. The monoisotopic (exact) mass is 358 g/mol. The van der Waals surface area contributed by atoms with Gasteiger partial charge in [-0.3, -0.25) is 14.4 Å². The zero-order valence-corrected chi connectivity index (χ0v) is 16.5. The quantitative estimate of drug-likeness (QED) is 0.552. The molecule has 0 spiro atoms. The molecule has 1 saturated carbocycles. The highest BCUT2D eigenvalue weighted by atomic mass is 16.5. The van der Waals surface area contributed by atoms with E-state index in [0.29, 0.717) is 12.8 Å². The van der Waals surface area contributed by atoms with E-state index in [0.717, 1.165) is 11.1 Å². The number of allylic oxidation sites excluding steroid dienone is 4. The average molecular weight is 358 g/mol. The van der Waals surface area contributed by atoms with Crippen LogP contribution >= 0.6 is 0 Å². The number of carbonyl (C=O) groups is 3. The van der Waals surface area contributed by atoms with E-state index in [1.54, 1.807) is 0 Å². The summed E-state index contributed by atoms with van der Waals surface area (Å²) in [5, 5.41) is 0. The minimum atomic E-state index is -0.425. The van der Waals surface area contributed by atoms with Gasteiger partial charge in [-0.25, -0.2) is 0 Å². The fourth-order valence-corrected chi connectivity index (χ4v) is 3.92. The Morgan fingerprint density at radius 1 is 1.12 bits per heavy atom. The maximum absolute atomic E-state index is 13.1. The lowest BCUT2D eigenvalue weighted by Crippen LogP contribution is -2.25. The summed E-state index contributed by atoms with van der Waals surface area (Å²) in [6, 6.07) is 0. The van der Waals surface area contributed by atoms with Crippen molar-refractivity contribution in [3.05, 3.63) is 36.0 Å². The normalized spacial score (nSPS) is 36.6. The van der Waals surface area contributed by atoms with E-state index in [-0.39, 0.29) is 47.1 Å². The second kappa shape index (κ2) is 8.15. The molecule has 0 aromatic heterocycles. The molecule has 142 valence electrons. The van der Waals surface area contributed by atoms with E-state index < -0.39 is 6.10 Å². The summed E-state index contributed by atoms with van der Waals surface area (Å²) < 4.78 is 5.52. The lowest BCUT2D eigenvalue weighted by Gasteiger charge is -2.20. The molecule has 6 atom stereocenters. The maximum atomic E-state index is 13.1. The molecule has 0 aromatic rings. The highest BCUT2D eigenvalue weighted by molar-refractivity contribution is 5.89. The second-order valence-corrected chi connectivity index (χ2v) is 7.95. The molecule has 0 aliphatic heterocycles. The molecule has 2 aliphatic carbocycles. The highest BCUT2D eigenvalue weighted by Gasteiger charge is 2.43. The Morgan fingerprint density at radius 2 is 1.77 bits per heavy atom. The van der Waals surface area contributed by atoms with E-state index >= 15 is 0 Å². The van der Waals surface area contributed by atoms with E-state index in [4.69, 9.17) is 4.74 Å². The van der Waals surface area contributed by atoms with Gasteiger partial charge >= 0.3 is 5.97 Å². The van der Waals surface area contributed by atoms with Gasteiger partial charge < -0.3 is 4.74 Å². The Labute approximate surface area is 156 Å². The number of carbonyl (C=O) groups excluding carboxylic acids is 3. The fourth-order valence-electron chi connectivity index (χ4n) is 3.92. The van der Waals surface area contributed by atoms with E-state index in [9.17, 15) is 14.4 Å². The smallest absolute Gasteiger partial charge is 0.303 e. The van der Waals surface area contributed by atoms with E-state index in [1.807, 2.05) is 45.9 Å². The number of hydrogen-bond donors (Lipinski definition) is 0. The average Bonchev–Trinajstić information content (AvgIpc) is 2.84. The molecule has 0 radical (unpaired) electrons. The molecule has 0 heterocycles. The molecule has 2 aliphatic rings. The van der Waals surface area contributed by atoms with E-state index in [1.165, 1.54) is 6.92 Å². The second-order valence-electron chi connectivity index (χ2n) is 7.95. The summed E-state index contributed by atoms with van der Waals surface area (Å²) in [5.74, 6) is -1.01. The van der Waals surface area contributed by atoms with Gasteiger partial charge in [0.2, 0.25) is 0 Å². The Bertz CT molecular complexity index is 670. The lowest BCUT2D eigenvalue weighted by molar-refractivity contribution is -0.146. The molecule has 0 bridgehead atoms. The summed E-state index contributed by atoms with van der Waals surface area (Å²) in [4.78, 5) is 37.3. The first-order chi connectivity index (χ1) is 12.1. The predicted octanol–water partition coefficient (Wildman–Crippen LogP) is 4.06. The molecule has 0 aromatic carbocycles. The minimum Gasteiger partial charge on any atom is -0.458 e. The van der Waals surface area contributed by atoms with Gasteiger partial charge in [-0.15, -0.1) is 0 Å². The molecule has 0 unspecified atom stereocenters. The molecule has 26 heavy (non-hydrogen) atoms. The summed E-state index contributed by atoms with van der Waals surface area (Å²) in [5.41, 5.74) is 1.72. The Hall–Kier alpha value is -1.97. The van der Waals surface area contributed by atoms with Crippen LogP contribution in [0.2, 0.25) is 0 Å². The summed E-state index contributed by atoms with van der Waals surface area (Å²) in [7, 11) is 0. The lowest BCUT2D eigenvalue weighted by atomic mass is 9.87. The van der Waals surface area contributed by atoms with Crippen LogP contribution in [0.1, 0.15) is 47.5 Å². The van der Waals surface area contributed by atoms with Crippen molar-refractivity contribution in [2.45, 2.75) is 53.6 Å². The van der Waals surface area contributed by atoms with Crippen molar-refractivity contribution in [3.63, 3.8) is 0 Å². The minimum absolute atomic E-state index is 0.0558. The third-order valence-electron chi connectivity index (χ3n) is 5.58. The van der Waals surface area contributed by atoms with Gasteiger partial charge in [-0.2, -0.15) is 0 Å². The van der Waals surface area contributed by atoms with Gasteiger partial charge in [-0.05, 0) is 24.8 Å². The summed E-state index contributed by atoms with van der Waals surface area (Å²) in [6.45, 7) is 13.0. The Balaban J connectivity index is 2.47. The fraction of sp³-hybridized carbons (Fsp3) is 0.591. The number of rotatable bonds is 2. The van der Waals surface area contributed by atoms with Gasteiger partial charge in [0.15, 0.2) is 0 Å². The van der Waals surface area contributed by atoms with Crippen LogP contribution in [-0.4, -0.2) is 23.6 Å². The number of esters is 1. The van der Waals surface area contributed by atoms with Crippen LogP contribution in [0.25, 0.3) is 0 Å². The van der Waals surface area contributed by atoms with Crippen molar-refractivity contribution < 1.29 is 19.1 Å². The number of ketones is 2. The highest BCUT2D eigenvalue weighted by Crippen LogP contribution is 2.41. The first-order valence-corrected chi connectivity index (χ1v) is 9.40. The van der Waals surface area contributed by atoms with Crippen LogP contribution < -0.4 is 0 Å².